The van der Waals surface area contributed by atoms with Gasteiger partial charge < -0.3 is 10.2 Å². The highest BCUT2D eigenvalue weighted by Crippen LogP contribution is 2.12. The van der Waals surface area contributed by atoms with E-state index < -0.39 is 21.0 Å². The van der Waals surface area contributed by atoms with Crippen LogP contribution in [0.15, 0.2) is 18.3 Å². The van der Waals surface area contributed by atoms with Gasteiger partial charge in [-0.1, -0.05) is 0 Å². The van der Waals surface area contributed by atoms with Crippen LogP contribution < -0.4 is 10.2 Å². The van der Waals surface area contributed by atoms with E-state index in [0.29, 0.717) is 5.82 Å². The second-order valence-electron chi connectivity index (χ2n) is 4.26. The predicted octanol–water partition coefficient (Wildman–Crippen LogP) is 0.519. The van der Waals surface area contributed by atoms with E-state index in [1.165, 1.54) is 6.92 Å². The zero-order valence-electron chi connectivity index (χ0n) is 10.8. The zero-order valence-corrected chi connectivity index (χ0v) is 11.7. The van der Waals surface area contributed by atoms with Crippen LogP contribution in [0.3, 0.4) is 0 Å². The van der Waals surface area contributed by atoms with Gasteiger partial charge in [-0.25, -0.2) is 13.4 Å². The second kappa shape index (κ2) is 5.34. The van der Waals surface area contributed by atoms with Gasteiger partial charge in [0.05, 0.1) is 11.9 Å². The maximum absolute atomic E-state index is 11.6. The Kier molecular flexibility index (Phi) is 4.28. The lowest BCUT2D eigenvalue weighted by Crippen LogP contribution is -2.32. The number of carbonyl (C=O) groups is 1. The molecule has 1 heterocycles. The van der Waals surface area contributed by atoms with Crippen molar-refractivity contribution in [3.63, 3.8) is 0 Å². The summed E-state index contributed by atoms with van der Waals surface area (Å²) in [6, 6.07) is 3.41. The normalized spacial score (nSPS) is 12.9. The molecule has 0 aromatic carbocycles. The molecule has 1 rings (SSSR count). The average molecular weight is 271 g/mol. The fourth-order valence-electron chi connectivity index (χ4n) is 1.15. The molecule has 6 nitrogen and oxygen atoms in total. The van der Waals surface area contributed by atoms with Crippen LogP contribution in [-0.4, -0.2) is 44.9 Å². The summed E-state index contributed by atoms with van der Waals surface area (Å²) in [5.41, 5.74) is 0.893. The number of carbonyl (C=O) groups excluding carboxylic acids is 1. The van der Waals surface area contributed by atoms with Crippen molar-refractivity contribution in [3.05, 3.63) is 18.3 Å². The van der Waals surface area contributed by atoms with Crippen LogP contribution in [-0.2, 0) is 14.6 Å². The largest absolute Gasteiger partial charge is 0.376 e. The molecule has 18 heavy (non-hydrogen) atoms. The highest BCUT2D eigenvalue weighted by Gasteiger charge is 2.23. The van der Waals surface area contributed by atoms with Gasteiger partial charge in [0.25, 0.3) is 0 Å². The first kappa shape index (κ1) is 14.4. The van der Waals surface area contributed by atoms with Crippen molar-refractivity contribution in [2.75, 3.05) is 30.6 Å². The molecule has 0 aliphatic heterocycles. The van der Waals surface area contributed by atoms with Crippen molar-refractivity contribution in [1.29, 1.82) is 0 Å². The van der Waals surface area contributed by atoms with E-state index >= 15 is 0 Å². The number of hydrogen-bond donors (Lipinski definition) is 1. The van der Waals surface area contributed by atoms with E-state index in [1.807, 2.05) is 19.0 Å². The van der Waals surface area contributed by atoms with Gasteiger partial charge in [0.1, 0.15) is 11.1 Å². The van der Waals surface area contributed by atoms with Gasteiger partial charge in [0.2, 0.25) is 5.91 Å². The molecule has 1 N–H and O–H groups in total. The third-order valence-corrected chi connectivity index (χ3v) is 4.03. The minimum Gasteiger partial charge on any atom is -0.376 e. The monoisotopic (exact) mass is 271 g/mol. The van der Waals surface area contributed by atoms with Crippen molar-refractivity contribution >= 4 is 27.2 Å². The van der Waals surface area contributed by atoms with Crippen molar-refractivity contribution in [3.8, 4) is 0 Å². The molecular formula is C11H17N3O3S. The maximum Gasteiger partial charge on any atom is 0.243 e. The Morgan fingerprint density at radius 1 is 1.39 bits per heavy atom. The molecule has 1 aromatic heterocycles. The SMILES string of the molecule is CC(C(=O)Nc1ccc(N(C)C)cn1)S(C)(=O)=O. The molecule has 0 saturated carbocycles. The Bertz CT molecular complexity index is 523. The Hall–Kier alpha value is -1.63. The number of pyridine rings is 1. The lowest BCUT2D eigenvalue weighted by atomic mass is 10.3. The van der Waals surface area contributed by atoms with E-state index in [9.17, 15) is 13.2 Å². The molecule has 1 aromatic rings. The van der Waals surface area contributed by atoms with Crippen LogP contribution in [0, 0.1) is 0 Å². The molecule has 7 heteroatoms. The molecule has 0 saturated heterocycles. The molecule has 0 bridgehead atoms. The number of aromatic nitrogens is 1. The summed E-state index contributed by atoms with van der Waals surface area (Å²) in [6.07, 6.45) is 2.63. The van der Waals surface area contributed by atoms with E-state index in [2.05, 4.69) is 10.3 Å². The summed E-state index contributed by atoms with van der Waals surface area (Å²) in [6.45, 7) is 1.35. The molecule has 0 spiro atoms. The van der Waals surface area contributed by atoms with E-state index in [1.54, 1.807) is 18.3 Å². The van der Waals surface area contributed by atoms with Gasteiger partial charge in [-0.15, -0.1) is 0 Å². The van der Waals surface area contributed by atoms with Gasteiger partial charge in [-0.3, -0.25) is 4.79 Å². The molecule has 1 amide bonds. The minimum absolute atomic E-state index is 0.334. The van der Waals surface area contributed by atoms with Gasteiger partial charge >= 0.3 is 0 Å². The van der Waals surface area contributed by atoms with Crippen LogP contribution in [0.25, 0.3) is 0 Å². The summed E-state index contributed by atoms with van der Waals surface area (Å²) in [4.78, 5) is 17.5. The number of hydrogen-bond acceptors (Lipinski definition) is 5. The number of amides is 1. The number of sulfone groups is 1. The van der Waals surface area contributed by atoms with Crippen LogP contribution in [0.2, 0.25) is 0 Å². The fourth-order valence-corrected chi connectivity index (χ4v) is 1.59. The molecule has 1 atom stereocenters. The van der Waals surface area contributed by atoms with Crippen molar-refractivity contribution in [1.82, 2.24) is 4.98 Å². The van der Waals surface area contributed by atoms with Crippen molar-refractivity contribution < 1.29 is 13.2 Å². The Balaban J connectivity index is 2.77. The van der Waals surface area contributed by atoms with E-state index in [0.717, 1.165) is 11.9 Å². The average Bonchev–Trinajstić information content (AvgIpc) is 2.27. The Morgan fingerprint density at radius 3 is 2.39 bits per heavy atom. The lowest BCUT2D eigenvalue weighted by Gasteiger charge is -2.13. The molecule has 0 aliphatic carbocycles. The van der Waals surface area contributed by atoms with E-state index in [4.69, 9.17) is 0 Å². The second-order valence-corrected chi connectivity index (χ2v) is 6.62. The molecule has 0 fully saturated rings. The molecule has 0 radical (unpaired) electrons. The van der Waals surface area contributed by atoms with Crippen LogP contribution >= 0.6 is 0 Å². The smallest absolute Gasteiger partial charge is 0.243 e. The standard InChI is InChI=1S/C11H17N3O3S/c1-8(18(4,16)17)11(15)13-10-6-5-9(7-12-10)14(2)3/h5-8H,1-4H3,(H,12,13,15). The molecule has 1 unspecified atom stereocenters. The van der Waals surface area contributed by atoms with Crippen LogP contribution in [0.5, 0.6) is 0 Å². The number of rotatable bonds is 4. The minimum atomic E-state index is -3.39. The first-order valence-corrected chi connectivity index (χ1v) is 7.30. The summed E-state index contributed by atoms with van der Waals surface area (Å²) in [5, 5.41) is 1.38. The summed E-state index contributed by atoms with van der Waals surface area (Å²) in [5.74, 6) is -0.247. The zero-order chi connectivity index (χ0) is 13.9. The highest BCUT2D eigenvalue weighted by atomic mass is 32.2. The summed E-state index contributed by atoms with van der Waals surface area (Å²) >= 11 is 0. The lowest BCUT2D eigenvalue weighted by molar-refractivity contribution is -0.115. The van der Waals surface area contributed by atoms with Gasteiger partial charge in [0, 0.05) is 20.4 Å². The van der Waals surface area contributed by atoms with Gasteiger partial charge in [0.15, 0.2) is 9.84 Å². The quantitative estimate of drug-likeness (QED) is 0.863. The highest BCUT2D eigenvalue weighted by molar-refractivity contribution is 7.92. The molecular weight excluding hydrogens is 254 g/mol. The first-order valence-electron chi connectivity index (χ1n) is 5.35. The molecule has 100 valence electrons. The fraction of sp³-hybridized carbons (Fsp3) is 0.455. The number of nitrogens with one attached hydrogen (secondary N) is 1. The van der Waals surface area contributed by atoms with Gasteiger partial charge in [-0.2, -0.15) is 0 Å². The Labute approximate surface area is 107 Å². The summed E-state index contributed by atoms with van der Waals surface area (Å²) in [7, 11) is 0.360. The third kappa shape index (κ3) is 3.69. The predicted molar refractivity (Wildman–Crippen MR) is 71.5 cm³/mol. The first-order chi connectivity index (χ1) is 8.21. The topological polar surface area (TPSA) is 79.4 Å². The number of nitrogens with zero attached hydrogens (tertiary/aromatic N) is 2. The molecule has 0 aliphatic rings. The van der Waals surface area contributed by atoms with Gasteiger partial charge in [-0.05, 0) is 19.1 Å². The van der Waals surface area contributed by atoms with E-state index in [-0.39, 0.29) is 0 Å². The summed E-state index contributed by atoms with van der Waals surface area (Å²) < 4.78 is 22.4. The Morgan fingerprint density at radius 2 is 2.00 bits per heavy atom. The third-order valence-electron chi connectivity index (χ3n) is 2.53. The van der Waals surface area contributed by atoms with Crippen LogP contribution in [0.1, 0.15) is 6.92 Å². The maximum atomic E-state index is 11.6. The van der Waals surface area contributed by atoms with Crippen molar-refractivity contribution in [2.24, 2.45) is 0 Å². The number of anilines is 2. The van der Waals surface area contributed by atoms with Crippen molar-refractivity contribution in [2.45, 2.75) is 12.2 Å². The van der Waals surface area contributed by atoms with Crippen LogP contribution in [0.4, 0.5) is 11.5 Å².